The zero-order valence-corrected chi connectivity index (χ0v) is 27.9. The van der Waals surface area contributed by atoms with Gasteiger partial charge in [-0.25, -0.2) is 4.79 Å². The van der Waals surface area contributed by atoms with Crippen LogP contribution in [0.4, 0.5) is 4.79 Å². The van der Waals surface area contributed by atoms with Gasteiger partial charge in [-0.15, -0.1) is 4.72 Å². The van der Waals surface area contributed by atoms with E-state index >= 15 is 0 Å². The first-order valence-electron chi connectivity index (χ1n) is 14.2. The average molecular weight is 575 g/mol. The van der Waals surface area contributed by atoms with Crippen LogP contribution in [0, 0.1) is 17.3 Å². The maximum Gasteiger partial charge on any atom is 0.410 e. The standard InChI is InChI=1S/C31H50N2O4SSi/c1-28(2,3)37-27(34)33-18-16-31(17-19-33)22-24-15-14-23(13-12-20-36-39(10,11)30(7,8)9)21-25(24)26(31)32-38(35)29(4,5)6/h14-15,21,26,32H,16-20,22H2,1-11H3/t26-,38-/m1/s1. The first-order chi connectivity index (χ1) is 17.7. The number of benzene rings is 1. The Balaban J connectivity index is 1.82. The molecule has 0 radical (unpaired) electrons. The number of hydrogen-bond donors (Lipinski definition) is 1. The number of rotatable bonds is 4. The lowest BCUT2D eigenvalue weighted by molar-refractivity contribution is 0.00716. The lowest BCUT2D eigenvalue weighted by atomic mass is 9.73. The van der Waals surface area contributed by atoms with Crippen molar-refractivity contribution in [3.63, 3.8) is 0 Å². The molecule has 1 aromatic rings. The summed E-state index contributed by atoms with van der Waals surface area (Å²) in [5.41, 5.74) is 2.77. The van der Waals surface area contributed by atoms with E-state index in [1.807, 2.05) is 46.4 Å². The molecule has 1 heterocycles. The molecule has 1 aliphatic heterocycles. The van der Waals surface area contributed by atoms with Crippen molar-refractivity contribution in [3.05, 3.63) is 34.9 Å². The van der Waals surface area contributed by atoms with E-state index in [1.165, 1.54) is 11.1 Å². The second-order valence-electron chi connectivity index (χ2n) is 14.7. The van der Waals surface area contributed by atoms with Gasteiger partial charge in [-0.2, -0.15) is 0 Å². The van der Waals surface area contributed by atoms with E-state index in [9.17, 15) is 9.35 Å². The van der Waals surface area contributed by atoms with Gasteiger partial charge in [-0.05, 0) is 102 Å². The van der Waals surface area contributed by atoms with Crippen molar-refractivity contribution in [2.45, 2.75) is 116 Å². The van der Waals surface area contributed by atoms with Crippen LogP contribution < -0.4 is 4.72 Å². The number of likely N-dealkylation sites (tertiary alicyclic amines) is 1. The fraction of sp³-hybridized carbons (Fsp3) is 0.710. The van der Waals surface area contributed by atoms with E-state index in [0.717, 1.165) is 24.8 Å². The number of fused-ring (bicyclic) bond motifs is 1. The maximum atomic E-state index is 13.3. The lowest BCUT2D eigenvalue weighted by Gasteiger charge is -2.43. The summed E-state index contributed by atoms with van der Waals surface area (Å²) >= 11 is -1.23. The van der Waals surface area contributed by atoms with Crippen molar-refractivity contribution in [1.82, 2.24) is 9.62 Å². The Labute approximate surface area is 241 Å². The van der Waals surface area contributed by atoms with Crippen LogP contribution >= 0.6 is 0 Å². The fourth-order valence-corrected chi connectivity index (χ4v) is 6.69. The summed E-state index contributed by atoms with van der Waals surface area (Å²) < 4.78 is 28.3. The van der Waals surface area contributed by atoms with Crippen LogP contribution in [0.2, 0.25) is 18.1 Å². The van der Waals surface area contributed by atoms with Crippen LogP contribution in [0.5, 0.6) is 0 Å². The van der Waals surface area contributed by atoms with Crippen LogP contribution in [-0.2, 0) is 26.9 Å². The Hall–Kier alpha value is -1.50. The molecular weight excluding hydrogens is 525 g/mol. The van der Waals surface area contributed by atoms with E-state index in [-0.39, 0.29) is 27.3 Å². The highest BCUT2D eigenvalue weighted by molar-refractivity contribution is 7.90. The Morgan fingerprint density at radius 1 is 1.13 bits per heavy atom. The molecule has 0 saturated carbocycles. The molecule has 2 atom stereocenters. The van der Waals surface area contributed by atoms with Gasteiger partial charge in [0.1, 0.15) is 10.3 Å². The Bertz CT molecular complexity index is 1100. The largest absolute Gasteiger partial charge is 0.598 e. The number of nitrogens with one attached hydrogen (secondary N) is 1. The van der Waals surface area contributed by atoms with Crippen LogP contribution in [0.3, 0.4) is 0 Å². The molecule has 0 bridgehead atoms. The van der Waals surface area contributed by atoms with Crippen molar-refractivity contribution in [2.24, 2.45) is 5.41 Å². The molecule has 1 spiro atoms. The minimum atomic E-state index is -1.84. The molecule has 1 N–H and O–H groups in total. The number of amides is 1. The molecule has 3 rings (SSSR count). The minimum Gasteiger partial charge on any atom is -0.598 e. The van der Waals surface area contributed by atoms with Crippen molar-refractivity contribution < 1.29 is 18.5 Å². The van der Waals surface area contributed by atoms with Gasteiger partial charge in [0.05, 0.1) is 12.6 Å². The van der Waals surface area contributed by atoms with Crippen LogP contribution in [0.1, 0.15) is 97.9 Å². The summed E-state index contributed by atoms with van der Waals surface area (Å²) in [6.45, 7) is 24.5. The molecule has 1 aromatic carbocycles. The third kappa shape index (κ3) is 7.83. The first-order valence-corrected chi connectivity index (χ1v) is 18.2. The molecule has 1 amide bonds. The molecule has 0 unspecified atom stereocenters. The number of carbonyl (C=O) groups excluding carboxylic acids is 1. The van der Waals surface area contributed by atoms with Crippen molar-refractivity contribution in [1.29, 1.82) is 0 Å². The Morgan fingerprint density at radius 3 is 2.28 bits per heavy atom. The summed E-state index contributed by atoms with van der Waals surface area (Å²) in [5, 5.41) is 0.150. The third-order valence-electron chi connectivity index (χ3n) is 8.35. The first kappa shape index (κ1) is 32.0. The Kier molecular flexibility index (Phi) is 9.36. The van der Waals surface area contributed by atoms with Gasteiger partial charge in [0, 0.05) is 35.4 Å². The average Bonchev–Trinajstić information content (AvgIpc) is 3.06. The molecule has 8 heteroatoms. The van der Waals surface area contributed by atoms with Gasteiger partial charge in [0.15, 0.2) is 8.32 Å². The highest BCUT2D eigenvalue weighted by atomic mass is 32.2. The molecule has 1 saturated heterocycles. The van der Waals surface area contributed by atoms with E-state index in [4.69, 9.17) is 9.16 Å². The summed E-state index contributed by atoms with van der Waals surface area (Å²) in [6.07, 6.45) is 2.28. The van der Waals surface area contributed by atoms with Crippen LogP contribution in [0.25, 0.3) is 0 Å². The van der Waals surface area contributed by atoms with Crippen molar-refractivity contribution in [2.75, 3.05) is 19.7 Å². The topological polar surface area (TPSA) is 73.9 Å². The predicted octanol–water partition coefficient (Wildman–Crippen LogP) is 6.73. The van der Waals surface area contributed by atoms with Crippen LogP contribution in [-0.4, -0.2) is 53.9 Å². The molecule has 1 fully saturated rings. The lowest BCUT2D eigenvalue weighted by Crippen LogP contribution is -2.51. The monoisotopic (exact) mass is 574 g/mol. The van der Waals surface area contributed by atoms with Gasteiger partial charge in [0.2, 0.25) is 0 Å². The molecular formula is C31H50N2O4SSi. The second kappa shape index (κ2) is 11.4. The SMILES string of the molecule is CC(C)(C)OC(=O)N1CCC2(CC1)Cc1ccc(C#CCO[Si](C)(C)C(C)(C)C)cc1[C@H]2N[S@+]([O-])C(C)(C)C. The summed E-state index contributed by atoms with van der Waals surface area (Å²) in [4.78, 5) is 14.5. The van der Waals surface area contributed by atoms with E-state index < -0.39 is 25.3 Å². The number of hydrogen-bond acceptors (Lipinski definition) is 5. The van der Waals surface area contributed by atoms with Gasteiger partial charge in [-0.3, -0.25) is 0 Å². The normalized spacial score (nSPS) is 20.3. The number of nitrogens with zero attached hydrogens (tertiary/aromatic N) is 1. The van der Waals surface area contributed by atoms with Crippen LogP contribution in [0.15, 0.2) is 18.2 Å². The number of carbonyl (C=O) groups is 1. The van der Waals surface area contributed by atoms with Crippen molar-refractivity contribution in [3.8, 4) is 11.8 Å². The Morgan fingerprint density at radius 2 is 1.74 bits per heavy atom. The molecule has 218 valence electrons. The molecule has 6 nitrogen and oxygen atoms in total. The predicted molar refractivity (Wildman–Crippen MR) is 163 cm³/mol. The molecule has 0 aromatic heterocycles. The number of piperidine rings is 1. The summed E-state index contributed by atoms with van der Waals surface area (Å²) in [5.74, 6) is 6.54. The third-order valence-corrected chi connectivity index (χ3v) is 14.4. The number of ether oxygens (including phenoxy) is 1. The van der Waals surface area contributed by atoms with Gasteiger partial charge in [-0.1, -0.05) is 38.7 Å². The molecule has 2 aliphatic rings. The van der Waals surface area contributed by atoms with Gasteiger partial charge >= 0.3 is 6.09 Å². The zero-order valence-electron chi connectivity index (χ0n) is 26.0. The minimum absolute atomic E-state index is 0.0708. The maximum absolute atomic E-state index is 13.3. The van der Waals surface area contributed by atoms with E-state index in [1.54, 1.807) is 0 Å². The quantitative estimate of drug-likeness (QED) is 0.245. The molecule has 1 aliphatic carbocycles. The van der Waals surface area contributed by atoms with Gasteiger partial charge < -0.3 is 18.6 Å². The highest BCUT2D eigenvalue weighted by Gasteiger charge is 2.51. The van der Waals surface area contributed by atoms with E-state index in [0.29, 0.717) is 19.7 Å². The second-order valence-corrected chi connectivity index (χ2v) is 21.5. The fourth-order valence-electron chi connectivity index (χ4n) is 4.88. The summed E-state index contributed by atoms with van der Waals surface area (Å²) in [6, 6.07) is 6.36. The highest BCUT2D eigenvalue weighted by Crippen LogP contribution is 2.53. The van der Waals surface area contributed by atoms with Gasteiger partial charge in [0.25, 0.3) is 0 Å². The molecule has 39 heavy (non-hydrogen) atoms. The zero-order chi connectivity index (χ0) is 29.4. The smallest absolute Gasteiger partial charge is 0.410 e. The summed E-state index contributed by atoms with van der Waals surface area (Å²) in [7, 11) is -1.84. The van der Waals surface area contributed by atoms with E-state index in [2.05, 4.69) is 68.6 Å². The van der Waals surface area contributed by atoms with Crippen molar-refractivity contribution >= 4 is 25.8 Å².